The molecule has 0 aliphatic heterocycles. The van der Waals surface area contributed by atoms with Gasteiger partial charge in [-0.2, -0.15) is 0 Å². The van der Waals surface area contributed by atoms with Crippen LogP contribution in [-0.2, 0) is 16.4 Å². The molecule has 0 spiro atoms. The number of rotatable bonds is 6. The number of hydrogen-bond acceptors (Lipinski definition) is 5. The molecule has 0 amide bonds. The predicted octanol–water partition coefficient (Wildman–Crippen LogP) is 3.50. The van der Waals surface area contributed by atoms with E-state index in [1.165, 1.54) is 11.3 Å². The van der Waals surface area contributed by atoms with Crippen molar-refractivity contribution in [1.82, 2.24) is 9.97 Å². The number of aryl methyl sites for hydroxylation is 2. The quantitative estimate of drug-likeness (QED) is 0.731. The topological polar surface area (TPSA) is 72.0 Å². The molecular formula is C17H17N3O2S2. The van der Waals surface area contributed by atoms with Crippen LogP contribution in [0.25, 0.3) is 10.4 Å². The molecule has 2 aromatic heterocycles. The largest absolute Gasteiger partial charge is 0.264 e. The number of anilines is 1. The Labute approximate surface area is 145 Å². The van der Waals surface area contributed by atoms with Gasteiger partial charge in [-0.25, -0.2) is 13.4 Å². The standard InChI is InChI=1S/C17H17N3O2S2/c1-13-16(15-8-5-10-18-12-15)23-17(19-13)20-24(21,22)11-9-14-6-3-2-4-7-14/h2-8,10,12H,9,11H2,1H3,(H,19,20). The van der Waals surface area contributed by atoms with Gasteiger partial charge in [0.15, 0.2) is 5.13 Å². The van der Waals surface area contributed by atoms with E-state index in [2.05, 4.69) is 14.7 Å². The Balaban J connectivity index is 1.71. The lowest BCUT2D eigenvalue weighted by Gasteiger charge is -2.05. The third-order valence-corrected chi connectivity index (χ3v) is 5.96. The highest BCUT2D eigenvalue weighted by Gasteiger charge is 2.16. The lowest BCUT2D eigenvalue weighted by atomic mass is 10.2. The van der Waals surface area contributed by atoms with E-state index in [1.807, 2.05) is 49.4 Å². The molecule has 0 fully saturated rings. The fraction of sp³-hybridized carbons (Fsp3) is 0.176. The van der Waals surface area contributed by atoms with Crippen LogP contribution < -0.4 is 4.72 Å². The first-order valence-electron chi connectivity index (χ1n) is 7.46. The smallest absolute Gasteiger partial charge is 0.234 e. The molecule has 2 heterocycles. The average molecular weight is 359 g/mol. The van der Waals surface area contributed by atoms with Crippen LogP contribution in [0.1, 0.15) is 11.3 Å². The second-order valence-electron chi connectivity index (χ2n) is 5.33. The number of sulfonamides is 1. The first-order chi connectivity index (χ1) is 11.5. The molecular weight excluding hydrogens is 342 g/mol. The molecule has 3 aromatic rings. The van der Waals surface area contributed by atoms with Crippen molar-refractivity contribution in [2.24, 2.45) is 0 Å². The average Bonchev–Trinajstić information content (AvgIpc) is 2.94. The first-order valence-corrected chi connectivity index (χ1v) is 9.93. The number of nitrogens with one attached hydrogen (secondary N) is 1. The van der Waals surface area contributed by atoms with Crippen LogP contribution >= 0.6 is 11.3 Å². The molecule has 0 radical (unpaired) electrons. The van der Waals surface area contributed by atoms with Gasteiger partial charge in [-0.15, -0.1) is 0 Å². The molecule has 0 aliphatic rings. The van der Waals surface area contributed by atoms with Crippen molar-refractivity contribution < 1.29 is 8.42 Å². The summed E-state index contributed by atoms with van der Waals surface area (Å²) >= 11 is 1.32. The Bertz CT molecular complexity index is 908. The van der Waals surface area contributed by atoms with Crippen LogP contribution in [0.4, 0.5) is 5.13 Å². The van der Waals surface area contributed by atoms with Gasteiger partial charge in [0.2, 0.25) is 10.0 Å². The molecule has 0 aliphatic carbocycles. The van der Waals surface area contributed by atoms with Crippen molar-refractivity contribution in [3.05, 3.63) is 66.1 Å². The number of aromatic nitrogens is 2. The van der Waals surface area contributed by atoms with Gasteiger partial charge in [-0.3, -0.25) is 9.71 Å². The van der Waals surface area contributed by atoms with Gasteiger partial charge < -0.3 is 0 Å². The zero-order valence-corrected chi connectivity index (χ0v) is 14.8. The molecule has 1 aromatic carbocycles. The van der Waals surface area contributed by atoms with Crippen molar-refractivity contribution in [1.29, 1.82) is 0 Å². The highest BCUT2D eigenvalue weighted by Crippen LogP contribution is 2.32. The Morgan fingerprint density at radius 2 is 1.92 bits per heavy atom. The van der Waals surface area contributed by atoms with E-state index in [-0.39, 0.29) is 5.75 Å². The summed E-state index contributed by atoms with van der Waals surface area (Å²) in [5, 5.41) is 0.388. The SMILES string of the molecule is Cc1nc(NS(=O)(=O)CCc2ccccc2)sc1-c1cccnc1. The predicted molar refractivity (Wildman–Crippen MR) is 97.6 cm³/mol. The summed E-state index contributed by atoms with van der Waals surface area (Å²) in [5.74, 6) is 0.0257. The van der Waals surface area contributed by atoms with E-state index < -0.39 is 10.0 Å². The van der Waals surface area contributed by atoms with E-state index in [0.29, 0.717) is 11.6 Å². The third kappa shape index (κ3) is 4.18. The van der Waals surface area contributed by atoms with Gasteiger partial charge >= 0.3 is 0 Å². The van der Waals surface area contributed by atoms with E-state index >= 15 is 0 Å². The Kier molecular flexibility index (Phi) is 4.92. The van der Waals surface area contributed by atoms with E-state index in [4.69, 9.17) is 0 Å². The number of benzene rings is 1. The maximum atomic E-state index is 12.3. The Hall–Kier alpha value is -2.25. The molecule has 0 bridgehead atoms. The molecule has 5 nitrogen and oxygen atoms in total. The minimum Gasteiger partial charge on any atom is -0.264 e. The highest BCUT2D eigenvalue weighted by atomic mass is 32.2. The number of pyridine rings is 1. The highest BCUT2D eigenvalue weighted by molar-refractivity contribution is 7.92. The maximum absolute atomic E-state index is 12.3. The van der Waals surface area contributed by atoms with Gasteiger partial charge in [-0.1, -0.05) is 47.7 Å². The zero-order chi connectivity index (χ0) is 17.0. The molecule has 0 unspecified atom stereocenters. The number of hydrogen-bond donors (Lipinski definition) is 1. The second-order valence-corrected chi connectivity index (χ2v) is 8.17. The Morgan fingerprint density at radius 3 is 2.62 bits per heavy atom. The van der Waals surface area contributed by atoms with Crippen LogP contribution in [0.15, 0.2) is 54.9 Å². The molecule has 0 saturated heterocycles. The second kappa shape index (κ2) is 7.11. The summed E-state index contributed by atoms with van der Waals surface area (Å²) in [5.41, 5.74) is 2.71. The summed E-state index contributed by atoms with van der Waals surface area (Å²) in [6.07, 6.45) is 3.91. The molecule has 0 atom stereocenters. The van der Waals surface area contributed by atoms with Crippen LogP contribution in [0, 0.1) is 6.92 Å². The minimum absolute atomic E-state index is 0.0257. The fourth-order valence-electron chi connectivity index (χ4n) is 2.29. The summed E-state index contributed by atoms with van der Waals surface area (Å²) in [6, 6.07) is 13.3. The fourth-order valence-corrected chi connectivity index (χ4v) is 4.56. The summed E-state index contributed by atoms with van der Waals surface area (Å²) in [7, 11) is -3.44. The normalized spacial score (nSPS) is 11.4. The summed E-state index contributed by atoms with van der Waals surface area (Å²) < 4.78 is 27.1. The van der Waals surface area contributed by atoms with Gasteiger partial charge in [0.25, 0.3) is 0 Å². The third-order valence-electron chi connectivity index (χ3n) is 3.47. The minimum atomic E-state index is -3.44. The molecule has 3 rings (SSSR count). The van der Waals surface area contributed by atoms with Crippen LogP contribution in [-0.4, -0.2) is 24.1 Å². The van der Waals surface area contributed by atoms with Crippen LogP contribution in [0.5, 0.6) is 0 Å². The molecule has 1 N–H and O–H groups in total. The van der Waals surface area contributed by atoms with Gasteiger partial charge in [-0.05, 0) is 25.0 Å². The molecule has 124 valence electrons. The van der Waals surface area contributed by atoms with Crippen LogP contribution in [0.3, 0.4) is 0 Å². The van der Waals surface area contributed by atoms with Gasteiger partial charge in [0.1, 0.15) is 0 Å². The molecule has 24 heavy (non-hydrogen) atoms. The lowest BCUT2D eigenvalue weighted by molar-refractivity contribution is 0.600. The molecule has 0 saturated carbocycles. The summed E-state index contributed by atoms with van der Waals surface area (Å²) in [4.78, 5) is 9.34. The Morgan fingerprint density at radius 1 is 1.12 bits per heavy atom. The molecule has 7 heteroatoms. The van der Waals surface area contributed by atoms with Crippen molar-refractivity contribution in [3.8, 4) is 10.4 Å². The van der Waals surface area contributed by atoms with Crippen molar-refractivity contribution in [2.75, 3.05) is 10.5 Å². The zero-order valence-electron chi connectivity index (χ0n) is 13.1. The lowest BCUT2D eigenvalue weighted by Crippen LogP contribution is -2.18. The monoisotopic (exact) mass is 359 g/mol. The van der Waals surface area contributed by atoms with Crippen molar-refractivity contribution >= 4 is 26.5 Å². The number of nitrogens with zero attached hydrogens (tertiary/aromatic N) is 2. The van der Waals surface area contributed by atoms with E-state index in [9.17, 15) is 8.42 Å². The van der Waals surface area contributed by atoms with E-state index in [1.54, 1.807) is 12.4 Å². The van der Waals surface area contributed by atoms with Gasteiger partial charge in [0.05, 0.1) is 16.3 Å². The first kappa shape index (κ1) is 16.6. The van der Waals surface area contributed by atoms with Crippen molar-refractivity contribution in [3.63, 3.8) is 0 Å². The summed E-state index contributed by atoms with van der Waals surface area (Å²) in [6.45, 7) is 1.86. The van der Waals surface area contributed by atoms with Crippen molar-refractivity contribution in [2.45, 2.75) is 13.3 Å². The van der Waals surface area contributed by atoms with E-state index in [0.717, 1.165) is 21.7 Å². The maximum Gasteiger partial charge on any atom is 0.234 e. The number of thiazole rings is 1. The van der Waals surface area contributed by atoms with Gasteiger partial charge in [0, 0.05) is 18.0 Å². The van der Waals surface area contributed by atoms with Crippen LogP contribution in [0.2, 0.25) is 0 Å².